The van der Waals surface area contributed by atoms with Crippen molar-refractivity contribution in [2.75, 3.05) is 19.7 Å². The third kappa shape index (κ3) is 5.71. The molecule has 1 saturated heterocycles. The third-order valence-electron chi connectivity index (χ3n) is 4.48. The zero-order chi connectivity index (χ0) is 13.2. The van der Waals surface area contributed by atoms with E-state index in [9.17, 15) is 5.11 Å². The number of unbranched alkanes of at least 4 members (excludes halogenated alkanes) is 7. The van der Waals surface area contributed by atoms with E-state index in [2.05, 4.69) is 18.7 Å². The van der Waals surface area contributed by atoms with Crippen LogP contribution in [0, 0.1) is 5.92 Å². The molecule has 0 saturated carbocycles. The van der Waals surface area contributed by atoms with Crippen LogP contribution in [0.15, 0.2) is 0 Å². The normalized spacial score (nSPS) is 24.8. The van der Waals surface area contributed by atoms with E-state index >= 15 is 0 Å². The smallest absolute Gasteiger partial charge is 0.0589 e. The molecule has 2 heteroatoms. The van der Waals surface area contributed by atoms with Crippen molar-refractivity contribution >= 4 is 0 Å². The number of hydrogen-bond acceptors (Lipinski definition) is 2. The number of aliphatic hydroxyl groups is 1. The van der Waals surface area contributed by atoms with Gasteiger partial charge in [-0.3, -0.25) is 4.90 Å². The standard InChI is InChI=1S/C16H33NO/c1-3-4-5-6-7-8-9-10-12-17-13-11-15(2)16(17)14-18/h15-16,18H,3-14H2,1-2H3. The predicted molar refractivity (Wildman–Crippen MR) is 78.8 cm³/mol. The van der Waals surface area contributed by atoms with Crippen molar-refractivity contribution in [3.05, 3.63) is 0 Å². The summed E-state index contributed by atoms with van der Waals surface area (Å²) in [6.45, 7) is 7.29. The molecule has 0 bridgehead atoms. The lowest BCUT2D eigenvalue weighted by molar-refractivity contribution is 0.137. The lowest BCUT2D eigenvalue weighted by atomic mass is 10.0. The van der Waals surface area contributed by atoms with Crippen LogP contribution in [-0.4, -0.2) is 35.7 Å². The number of rotatable bonds is 10. The maximum absolute atomic E-state index is 9.39. The summed E-state index contributed by atoms with van der Waals surface area (Å²) in [7, 11) is 0. The van der Waals surface area contributed by atoms with Gasteiger partial charge in [-0.1, -0.05) is 58.8 Å². The van der Waals surface area contributed by atoms with Gasteiger partial charge in [-0.15, -0.1) is 0 Å². The molecule has 0 aromatic rings. The van der Waals surface area contributed by atoms with Crippen LogP contribution in [0.1, 0.15) is 71.6 Å². The highest BCUT2D eigenvalue weighted by Crippen LogP contribution is 2.23. The van der Waals surface area contributed by atoms with E-state index < -0.39 is 0 Å². The molecule has 1 N–H and O–H groups in total. The minimum absolute atomic E-state index is 0.345. The maximum atomic E-state index is 9.39. The average molecular weight is 255 g/mol. The van der Waals surface area contributed by atoms with Crippen LogP contribution in [0.4, 0.5) is 0 Å². The summed E-state index contributed by atoms with van der Waals surface area (Å²) in [5.74, 6) is 0.684. The Balaban J connectivity index is 1.94. The Bertz CT molecular complexity index is 196. The SMILES string of the molecule is CCCCCCCCCCN1CCC(C)C1CO. The van der Waals surface area contributed by atoms with E-state index in [1.165, 1.54) is 70.9 Å². The Morgan fingerprint density at radius 1 is 1.00 bits per heavy atom. The Labute approximate surface area is 114 Å². The molecular formula is C16H33NO. The van der Waals surface area contributed by atoms with Crippen LogP contribution in [-0.2, 0) is 0 Å². The molecule has 18 heavy (non-hydrogen) atoms. The second-order valence-electron chi connectivity index (χ2n) is 6.03. The molecule has 0 amide bonds. The van der Waals surface area contributed by atoms with Crippen molar-refractivity contribution in [2.24, 2.45) is 5.92 Å². The first-order valence-electron chi connectivity index (χ1n) is 8.14. The molecule has 1 fully saturated rings. The van der Waals surface area contributed by atoms with Gasteiger partial charge in [0, 0.05) is 6.04 Å². The van der Waals surface area contributed by atoms with Gasteiger partial charge >= 0.3 is 0 Å². The summed E-state index contributed by atoms with van der Waals surface area (Å²) in [6.07, 6.45) is 12.4. The molecule has 2 nitrogen and oxygen atoms in total. The summed E-state index contributed by atoms with van der Waals surface area (Å²) in [5, 5.41) is 9.39. The van der Waals surface area contributed by atoms with E-state index in [-0.39, 0.29) is 0 Å². The van der Waals surface area contributed by atoms with Crippen LogP contribution in [0.2, 0.25) is 0 Å². The molecule has 1 heterocycles. The van der Waals surface area contributed by atoms with E-state index in [0.29, 0.717) is 18.6 Å². The van der Waals surface area contributed by atoms with Gasteiger partial charge in [0.25, 0.3) is 0 Å². The first-order valence-corrected chi connectivity index (χ1v) is 8.14. The zero-order valence-corrected chi connectivity index (χ0v) is 12.5. The summed E-state index contributed by atoms with van der Waals surface area (Å²) < 4.78 is 0. The van der Waals surface area contributed by atoms with E-state index in [1.54, 1.807) is 0 Å². The molecule has 0 aromatic carbocycles. The lowest BCUT2D eigenvalue weighted by Gasteiger charge is -2.24. The van der Waals surface area contributed by atoms with Crippen LogP contribution < -0.4 is 0 Å². The van der Waals surface area contributed by atoms with E-state index in [1.807, 2.05) is 0 Å². The minimum Gasteiger partial charge on any atom is -0.395 e. The van der Waals surface area contributed by atoms with Gasteiger partial charge in [0.1, 0.15) is 0 Å². The lowest BCUT2D eigenvalue weighted by Crippen LogP contribution is -2.35. The molecular weight excluding hydrogens is 222 g/mol. The zero-order valence-electron chi connectivity index (χ0n) is 12.5. The van der Waals surface area contributed by atoms with Crippen molar-refractivity contribution in [1.82, 2.24) is 4.90 Å². The van der Waals surface area contributed by atoms with Crippen LogP contribution in [0.25, 0.3) is 0 Å². The van der Waals surface area contributed by atoms with Crippen LogP contribution in [0.3, 0.4) is 0 Å². The number of likely N-dealkylation sites (tertiary alicyclic amines) is 1. The van der Waals surface area contributed by atoms with Crippen LogP contribution in [0.5, 0.6) is 0 Å². The molecule has 0 aliphatic carbocycles. The monoisotopic (exact) mass is 255 g/mol. The quantitative estimate of drug-likeness (QED) is 0.600. The highest BCUT2D eigenvalue weighted by molar-refractivity contribution is 4.83. The van der Waals surface area contributed by atoms with Gasteiger partial charge in [-0.2, -0.15) is 0 Å². The first kappa shape index (κ1) is 16.0. The van der Waals surface area contributed by atoms with Gasteiger partial charge in [-0.05, 0) is 31.8 Å². The molecule has 108 valence electrons. The summed E-state index contributed by atoms with van der Waals surface area (Å²) in [4.78, 5) is 2.50. The third-order valence-corrected chi connectivity index (χ3v) is 4.48. The van der Waals surface area contributed by atoms with Crippen molar-refractivity contribution in [2.45, 2.75) is 77.7 Å². The molecule has 0 spiro atoms. The van der Waals surface area contributed by atoms with Crippen molar-refractivity contribution < 1.29 is 5.11 Å². The summed E-state index contributed by atoms with van der Waals surface area (Å²) in [6, 6.07) is 0.439. The Morgan fingerprint density at radius 2 is 1.61 bits per heavy atom. The van der Waals surface area contributed by atoms with Gasteiger partial charge < -0.3 is 5.11 Å². The highest BCUT2D eigenvalue weighted by atomic mass is 16.3. The molecule has 2 unspecified atom stereocenters. The molecule has 1 rings (SSSR count). The largest absolute Gasteiger partial charge is 0.395 e. The number of aliphatic hydroxyl groups excluding tert-OH is 1. The first-order chi connectivity index (χ1) is 8.79. The minimum atomic E-state index is 0.345. The number of nitrogens with zero attached hydrogens (tertiary/aromatic N) is 1. The molecule has 0 radical (unpaired) electrons. The van der Waals surface area contributed by atoms with Crippen molar-refractivity contribution in [1.29, 1.82) is 0 Å². The van der Waals surface area contributed by atoms with E-state index in [0.717, 1.165) is 0 Å². The molecule has 1 aliphatic heterocycles. The Morgan fingerprint density at radius 3 is 2.22 bits per heavy atom. The topological polar surface area (TPSA) is 23.5 Å². The van der Waals surface area contributed by atoms with Crippen molar-refractivity contribution in [3.8, 4) is 0 Å². The highest BCUT2D eigenvalue weighted by Gasteiger charge is 2.29. The second-order valence-corrected chi connectivity index (χ2v) is 6.03. The molecule has 2 atom stereocenters. The van der Waals surface area contributed by atoms with Gasteiger partial charge in [0.05, 0.1) is 6.61 Å². The fourth-order valence-electron chi connectivity index (χ4n) is 3.11. The maximum Gasteiger partial charge on any atom is 0.0589 e. The van der Waals surface area contributed by atoms with Gasteiger partial charge in [0.15, 0.2) is 0 Å². The second kappa shape index (κ2) is 9.80. The fourth-order valence-corrected chi connectivity index (χ4v) is 3.11. The predicted octanol–water partition coefficient (Wildman–Crippen LogP) is 3.83. The average Bonchev–Trinajstić information content (AvgIpc) is 2.73. The summed E-state index contributed by atoms with van der Waals surface area (Å²) in [5.41, 5.74) is 0. The van der Waals surface area contributed by atoms with Crippen molar-refractivity contribution in [3.63, 3.8) is 0 Å². The fraction of sp³-hybridized carbons (Fsp3) is 1.00. The van der Waals surface area contributed by atoms with Gasteiger partial charge in [-0.25, -0.2) is 0 Å². The van der Waals surface area contributed by atoms with E-state index in [4.69, 9.17) is 0 Å². The van der Waals surface area contributed by atoms with Gasteiger partial charge in [0.2, 0.25) is 0 Å². The molecule has 0 aromatic heterocycles. The summed E-state index contributed by atoms with van der Waals surface area (Å²) >= 11 is 0. The number of hydrogen-bond donors (Lipinski definition) is 1. The van der Waals surface area contributed by atoms with Crippen LogP contribution >= 0.6 is 0 Å². The Kier molecular flexibility index (Phi) is 8.70. The Hall–Kier alpha value is -0.0800. The molecule has 1 aliphatic rings.